The van der Waals surface area contributed by atoms with E-state index in [-0.39, 0.29) is 36.5 Å². The second kappa shape index (κ2) is 9.88. The Morgan fingerprint density at radius 2 is 2.04 bits per heavy atom. The van der Waals surface area contributed by atoms with Crippen LogP contribution in [0.25, 0.3) is 0 Å². The minimum atomic E-state index is -4.89. The molecule has 0 spiro atoms. The lowest BCUT2D eigenvalue weighted by Gasteiger charge is -2.29. The molecule has 0 radical (unpaired) electrons. The van der Waals surface area contributed by atoms with Crippen LogP contribution in [0.3, 0.4) is 0 Å². The monoisotopic (exact) mass is 498 g/mol. The predicted octanol–water partition coefficient (Wildman–Crippen LogP) is 1.72. The number of imidazole rings is 1. The van der Waals surface area contributed by atoms with Crippen molar-refractivity contribution in [3.05, 3.63) is 48.3 Å². The second-order valence-electron chi connectivity index (χ2n) is 5.73. The number of alkyl halides is 3. The number of aliphatic imine (C=N–C) groups is 1. The number of aromatic nitrogens is 3. The number of nitrogens with two attached hydrogens (primary N) is 1. The molecule has 11 heteroatoms. The molecule has 0 bridgehead atoms. The molecule has 2 rings (SSSR count). The highest BCUT2D eigenvalue weighted by Crippen LogP contribution is 2.40. The lowest BCUT2D eigenvalue weighted by atomic mass is 9.98. The molecule has 4 N–H and O–H groups in total. The summed E-state index contributed by atoms with van der Waals surface area (Å²) < 4.78 is 41.2. The molecule has 2 heterocycles. The van der Waals surface area contributed by atoms with Gasteiger partial charge in [-0.15, -0.1) is 24.0 Å². The normalized spacial score (nSPS) is 14.3. The molecule has 0 aliphatic carbocycles. The average Bonchev–Trinajstić information content (AvgIpc) is 3.01. The fourth-order valence-electron chi connectivity index (χ4n) is 2.40. The number of rotatable bonds is 7. The maximum atomic E-state index is 13.4. The van der Waals surface area contributed by atoms with Crippen molar-refractivity contribution < 1.29 is 18.3 Å². The third-order valence-electron chi connectivity index (χ3n) is 3.83. The van der Waals surface area contributed by atoms with Gasteiger partial charge in [-0.3, -0.25) is 9.98 Å². The largest absolute Gasteiger partial charge is 0.424 e. The Hall–Kier alpha value is -1.89. The van der Waals surface area contributed by atoms with Crippen molar-refractivity contribution in [2.45, 2.75) is 24.6 Å². The second-order valence-corrected chi connectivity index (χ2v) is 5.73. The molecule has 0 amide bonds. The highest BCUT2D eigenvalue weighted by Gasteiger charge is 2.57. The number of guanidine groups is 1. The van der Waals surface area contributed by atoms with E-state index >= 15 is 0 Å². The Balaban J connectivity index is 0.00000364. The Morgan fingerprint density at radius 1 is 1.30 bits per heavy atom. The van der Waals surface area contributed by atoms with E-state index < -0.39 is 24.0 Å². The van der Waals surface area contributed by atoms with E-state index in [4.69, 9.17) is 5.73 Å². The van der Waals surface area contributed by atoms with Gasteiger partial charge in [0.25, 0.3) is 0 Å². The van der Waals surface area contributed by atoms with Gasteiger partial charge in [0.15, 0.2) is 5.96 Å². The Morgan fingerprint density at radius 3 is 2.59 bits per heavy atom. The molecule has 1 atom stereocenters. The van der Waals surface area contributed by atoms with E-state index in [1.54, 1.807) is 12.3 Å². The zero-order valence-corrected chi connectivity index (χ0v) is 17.0. The van der Waals surface area contributed by atoms with Crippen LogP contribution >= 0.6 is 24.0 Å². The SMILES string of the molecule is Cn1ccnc1C(O)(CCN=C(N)NCCc1ccccn1)C(F)(F)F.I. The summed E-state index contributed by atoms with van der Waals surface area (Å²) in [6.07, 6.45) is -0.780. The van der Waals surface area contributed by atoms with Crippen LogP contribution in [0.1, 0.15) is 17.9 Å². The summed E-state index contributed by atoms with van der Waals surface area (Å²) in [5, 5.41) is 13.0. The van der Waals surface area contributed by atoms with Crippen LogP contribution in [0.5, 0.6) is 0 Å². The Labute approximate surface area is 171 Å². The standard InChI is InChI=1S/C16H21F3N6O.HI/c1-25-11-10-22-13(25)15(26,16(17,18)19)6-9-24-14(20)23-8-5-12-4-2-3-7-21-12;/h2-4,7,10-11,26H,5-6,8-9H2,1H3,(H3,20,23,24);1H. The van der Waals surface area contributed by atoms with Crippen molar-refractivity contribution in [1.29, 1.82) is 0 Å². The van der Waals surface area contributed by atoms with Crippen molar-refractivity contribution in [2.75, 3.05) is 13.1 Å². The van der Waals surface area contributed by atoms with E-state index in [9.17, 15) is 18.3 Å². The first-order valence-electron chi connectivity index (χ1n) is 7.94. The number of aryl methyl sites for hydroxylation is 1. The lowest BCUT2D eigenvalue weighted by molar-refractivity contribution is -0.272. The van der Waals surface area contributed by atoms with E-state index in [0.717, 1.165) is 10.3 Å². The zero-order chi connectivity index (χ0) is 19.2. The summed E-state index contributed by atoms with van der Waals surface area (Å²) in [6, 6.07) is 5.51. The first-order chi connectivity index (χ1) is 12.2. The van der Waals surface area contributed by atoms with Gasteiger partial charge in [-0.25, -0.2) is 4.98 Å². The van der Waals surface area contributed by atoms with E-state index in [2.05, 4.69) is 20.3 Å². The number of pyridine rings is 1. The van der Waals surface area contributed by atoms with E-state index in [1.165, 1.54) is 19.4 Å². The maximum absolute atomic E-state index is 13.4. The first kappa shape index (κ1) is 23.1. The van der Waals surface area contributed by atoms with Crippen molar-refractivity contribution in [1.82, 2.24) is 19.9 Å². The number of hydrogen-bond acceptors (Lipinski definition) is 4. The number of nitrogens with one attached hydrogen (secondary N) is 1. The molecule has 0 aromatic carbocycles. The molecule has 0 aliphatic heterocycles. The number of nitrogens with zero attached hydrogens (tertiary/aromatic N) is 4. The van der Waals surface area contributed by atoms with Crippen molar-refractivity contribution in [3.8, 4) is 0 Å². The number of hydrogen-bond donors (Lipinski definition) is 3. The van der Waals surface area contributed by atoms with Gasteiger partial charge in [0.2, 0.25) is 5.60 Å². The minimum absolute atomic E-state index is 0. The number of halogens is 4. The maximum Gasteiger partial charge on any atom is 0.424 e. The molecular formula is C16H22F3IN6O. The molecule has 27 heavy (non-hydrogen) atoms. The fraction of sp³-hybridized carbons (Fsp3) is 0.438. The van der Waals surface area contributed by atoms with Gasteiger partial charge in [-0.05, 0) is 12.1 Å². The summed E-state index contributed by atoms with van der Waals surface area (Å²) in [7, 11) is 1.38. The Kier molecular flexibility index (Phi) is 8.47. The number of aliphatic hydroxyl groups is 1. The fourth-order valence-corrected chi connectivity index (χ4v) is 2.40. The highest BCUT2D eigenvalue weighted by atomic mass is 127. The molecule has 2 aromatic rings. The van der Waals surface area contributed by atoms with Crippen molar-refractivity contribution >= 4 is 29.9 Å². The summed E-state index contributed by atoms with van der Waals surface area (Å²) in [4.78, 5) is 11.6. The van der Waals surface area contributed by atoms with Gasteiger partial charge >= 0.3 is 6.18 Å². The third kappa shape index (κ3) is 6.06. The Bertz CT molecular complexity index is 737. The summed E-state index contributed by atoms with van der Waals surface area (Å²) in [6.45, 7) is 0.126. The molecular weight excluding hydrogens is 476 g/mol. The topological polar surface area (TPSA) is 101 Å². The van der Waals surface area contributed by atoms with Gasteiger partial charge in [-0.1, -0.05) is 6.07 Å². The summed E-state index contributed by atoms with van der Waals surface area (Å²) in [5.74, 6) is -0.479. The third-order valence-corrected chi connectivity index (χ3v) is 3.83. The smallest absolute Gasteiger partial charge is 0.374 e. The molecule has 150 valence electrons. The van der Waals surface area contributed by atoms with Gasteiger partial charge in [-0.2, -0.15) is 13.2 Å². The molecule has 0 fully saturated rings. The quantitative estimate of drug-likeness (QED) is 0.307. The molecule has 0 aliphatic rings. The minimum Gasteiger partial charge on any atom is -0.374 e. The van der Waals surface area contributed by atoms with Crippen LogP contribution in [0.2, 0.25) is 0 Å². The van der Waals surface area contributed by atoms with Crippen LogP contribution in [0, 0.1) is 0 Å². The summed E-state index contributed by atoms with van der Waals surface area (Å²) >= 11 is 0. The highest BCUT2D eigenvalue weighted by molar-refractivity contribution is 14.0. The van der Waals surface area contributed by atoms with Gasteiger partial charge in [0.05, 0.1) is 0 Å². The molecule has 0 saturated heterocycles. The van der Waals surface area contributed by atoms with Crippen molar-refractivity contribution in [2.24, 2.45) is 17.8 Å². The van der Waals surface area contributed by atoms with E-state index in [1.807, 2.05) is 12.1 Å². The van der Waals surface area contributed by atoms with Gasteiger partial charge in [0, 0.05) is 57.3 Å². The van der Waals surface area contributed by atoms with Crippen molar-refractivity contribution in [3.63, 3.8) is 0 Å². The van der Waals surface area contributed by atoms with Gasteiger partial charge in [0.1, 0.15) is 5.82 Å². The van der Waals surface area contributed by atoms with Crippen LogP contribution in [0.15, 0.2) is 41.8 Å². The molecule has 7 nitrogen and oxygen atoms in total. The zero-order valence-electron chi connectivity index (χ0n) is 14.6. The predicted molar refractivity (Wildman–Crippen MR) is 106 cm³/mol. The first-order valence-corrected chi connectivity index (χ1v) is 7.94. The molecule has 2 aromatic heterocycles. The van der Waals surface area contributed by atoms with Crippen LogP contribution in [-0.2, 0) is 19.1 Å². The van der Waals surface area contributed by atoms with Gasteiger partial charge < -0.3 is 20.7 Å². The molecule has 0 saturated carbocycles. The van der Waals surface area contributed by atoms with Crippen LogP contribution < -0.4 is 11.1 Å². The summed E-state index contributed by atoms with van der Waals surface area (Å²) in [5.41, 5.74) is 3.42. The van der Waals surface area contributed by atoms with Crippen LogP contribution in [-0.4, -0.2) is 44.9 Å². The molecule has 1 unspecified atom stereocenters. The average molecular weight is 498 g/mol. The lowest BCUT2D eigenvalue weighted by Crippen LogP contribution is -2.45. The van der Waals surface area contributed by atoms with Crippen LogP contribution in [0.4, 0.5) is 13.2 Å². The van der Waals surface area contributed by atoms with E-state index in [0.29, 0.717) is 13.0 Å².